The van der Waals surface area contributed by atoms with Crippen LogP contribution >= 0.6 is 0 Å². The van der Waals surface area contributed by atoms with Crippen molar-refractivity contribution in [2.75, 3.05) is 32.8 Å². The molecular weight excluding hydrogens is 498 g/mol. The predicted molar refractivity (Wildman–Crippen MR) is 133 cm³/mol. The molecule has 1 aromatic heterocycles. The van der Waals surface area contributed by atoms with Crippen LogP contribution < -0.4 is 10.1 Å². The van der Waals surface area contributed by atoms with Crippen LogP contribution in [-0.4, -0.2) is 74.1 Å². The molecule has 3 aromatic rings. The van der Waals surface area contributed by atoms with Gasteiger partial charge in [0.2, 0.25) is 15.2 Å². The van der Waals surface area contributed by atoms with Gasteiger partial charge in [0.05, 0.1) is 11.2 Å². The minimum Gasteiger partial charge on any atom is -0.484 e. The Morgan fingerprint density at radius 2 is 1.57 bits per heavy atom. The first-order valence-corrected chi connectivity index (χ1v) is 13.2. The largest absolute Gasteiger partial charge is 0.484 e. The van der Waals surface area contributed by atoms with Crippen molar-refractivity contribution < 1.29 is 32.0 Å². The van der Waals surface area contributed by atoms with E-state index < -0.39 is 27.0 Å². The Hall–Kier alpha value is -4.12. The summed E-state index contributed by atoms with van der Waals surface area (Å²) in [6, 6.07) is 17.8. The molecule has 1 N–H and O–H groups in total. The number of para-hydroxylation sites is 1. The van der Waals surface area contributed by atoms with Gasteiger partial charge in [-0.1, -0.05) is 35.9 Å². The van der Waals surface area contributed by atoms with E-state index in [1.807, 2.05) is 13.0 Å². The van der Waals surface area contributed by atoms with E-state index in [0.717, 1.165) is 5.56 Å². The first-order valence-electron chi connectivity index (χ1n) is 11.6. The van der Waals surface area contributed by atoms with E-state index in [1.54, 1.807) is 41.3 Å². The summed E-state index contributed by atoms with van der Waals surface area (Å²) >= 11 is 0. The lowest BCUT2D eigenvalue weighted by Crippen LogP contribution is -2.58. The van der Waals surface area contributed by atoms with E-state index >= 15 is 0 Å². The number of nitrogens with one attached hydrogen (secondary N) is 1. The maximum atomic E-state index is 13.5. The molecule has 2 heterocycles. The standard InChI is InChI=1S/C26H27N3O7S/c1-19-9-11-21(12-10-19)37(33,34)25(27-24(31)22-8-5-17-35-22)26(32)29-15-13-28(14-16-29)23(30)18-36-20-6-3-2-4-7-20/h2-12,17,25H,13-16,18H2,1H3,(H,27,31)/t25-/m0/s1. The molecule has 0 aliphatic carbocycles. The molecule has 0 bridgehead atoms. The number of furan rings is 1. The van der Waals surface area contributed by atoms with Crippen LogP contribution in [0.15, 0.2) is 82.3 Å². The van der Waals surface area contributed by atoms with E-state index in [1.165, 1.54) is 35.4 Å². The van der Waals surface area contributed by atoms with Crippen LogP contribution in [0.5, 0.6) is 5.75 Å². The third kappa shape index (κ3) is 6.18. The number of nitrogens with zero attached hydrogens (tertiary/aromatic N) is 2. The van der Waals surface area contributed by atoms with E-state index in [-0.39, 0.29) is 49.3 Å². The highest BCUT2D eigenvalue weighted by molar-refractivity contribution is 7.92. The van der Waals surface area contributed by atoms with Crippen LogP contribution in [0.2, 0.25) is 0 Å². The quantitative estimate of drug-likeness (QED) is 0.476. The van der Waals surface area contributed by atoms with Gasteiger partial charge in [-0.05, 0) is 43.3 Å². The van der Waals surface area contributed by atoms with Gasteiger partial charge in [0.25, 0.3) is 17.7 Å². The van der Waals surface area contributed by atoms with Crippen LogP contribution in [-0.2, 0) is 19.4 Å². The lowest BCUT2D eigenvalue weighted by atomic mass is 10.2. The molecule has 37 heavy (non-hydrogen) atoms. The van der Waals surface area contributed by atoms with Gasteiger partial charge in [0, 0.05) is 26.2 Å². The van der Waals surface area contributed by atoms with Crippen LogP contribution in [0, 0.1) is 6.92 Å². The number of ether oxygens (including phenoxy) is 1. The average Bonchev–Trinajstić information content (AvgIpc) is 3.46. The second-order valence-corrected chi connectivity index (χ2v) is 10.5. The maximum absolute atomic E-state index is 13.5. The summed E-state index contributed by atoms with van der Waals surface area (Å²) in [4.78, 5) is 41.5. The Morgan fingerprint density at radius 1 is 0.919 bits per heavy atom. The lowest BCUT2D eigenvalue weighted by Gasteiger charge is -2.36. The molecule has 3 amide bonds. The van der Waals surface area contributed by atoms with E-state index in [9.17, 15) is 22.8 Å². The van der Waals surface area contributed by atoms with Gasteiger partial charge in [-0.15, -0.1) is 0 Å². The fourth-order valence-electron chi connectivity index (χ4n) is 3.83. The highest BCUT2D eigenvalue weighted by Crippen LogP contribution is 2.19. The third-order valence-electron chi connectivity index (χ3n) is 5.94. The minimum atomic E-state index is -4.29. The van der Waals surface area contributed by atoms with Crippen LogP contribution in [0.1, 0.15) is 16.1 Å². The van der Waals surface area contributed by atoms with Crippen LogP contribution in [0.25, 0.3) is 0 Å². The molecule has 10 nitrogen and oxygen atoms in total. The molecule has 0 saturated carbocycles. The predicted octanol–water partition coefficient (Wildman–Crippen LogP) is 1.87. The fourth-order valence-corrected chi connectivity index (χ4v) is 5.29. The Labute approximate surface area is 214 Å². The summed E-state index contributed by atoms with van der Waals surface area (Å²) in [6.07, 6.45) is 1.28. The molecule has 1 saturated heterocycles. The molecule has 1 fully saturated rings. The molecule has 0 radical (unpaired) electrons. The number of aryl methyl sites for hydroxylation is 1. The van der Waals surface area contributed by atoms with Crippen molar-refractivity contribution in [3.8, 4) is 5.75 Å². The minimum absolute atomic E-state index is 0.0944. The lowest BCUT2D eigenvalue weighted by molar-refractivity contribution is -0.140. The molecule has 11 heteroatoms. The molecule has 2 aromatic carbocycles. The number of benzene rings is 2. The van der Waals surface area contributed by atoms with Gasteiger partial charge in [0.15, 0.2) is 12.4 Å². The number of sulfone groups is 1. The van der Waals surface area contributed by atoms with Gasteiger partial charge in [0.1, 0.15) is 5.75 Å². The number of amides is 3. The van der Waals surface area contributed by atoms with Crippen LogP contribution in [0.4, 0.5) is 0 Å². The SMILES string of the molecule is Cc1ccc(S(=O)(=O)[C@H](NC(=O)c2ccco2)C(=O)N2CCN(C(=O)COc3ccccc3)CC2)cc1. The molecule has 1 aliphatic heterocycles. The van der Waals surface area contributed by atoms with Crippen molar-refractivity contribution in [1.29, 1.82) is 0 Å². The number of carbonyl (C=O) groups excluding carboxylic acids is 3. The Bertz CT molecular complexity index is 1330. The monoisotopic (exact) mass is 525 g/mol. The second kappa shape index (κ2) is 11.3. The summed E-state index contributed by atoms with van der Waals surface area (Å²) in [5.41, 5.74) is 0.846. The van der Waals surface area contributed by atoms with Crippen molar-refractivity contribution in [2.45, 2.75) is 17.2 Å². The van der Waals surface area contributed by atoms with Crippen molar-refractivity contribution >= 4 is 27.6 Å². The maximum Gasteiger partial charge on any atom is 0.288 e. The van der Waals surface area contributed by atoms with Gasteiger partial charge in [-0.3, -0.25) is 14.4 Å². The molecule has 0 unspecified atom stereocenters. The number of hydrogen-bond acceptors (Lipinski definition) is 7. The first kappa shape index (κ1) is 26.0. The summed E-state index contributed by atoms with van der Waals surface area (Å²) in [5, 5.41) is 0.466. The summed E-state index contributed by atoms with van der Waals surface area (Å²) in [5.74, 6) is -1.41. The van der Waals surface area contributed by atoms with Crippen molar-refractivity contribution in [2.24, 2.45) is 0 Å². The number of piperazine rings is 1. The Balaban J connectivity index is 1.45. The summed E-state index contributed by atoms with van der Waals surface area (Å²) in [6.45, 7) is 2.27. The van der Waals surface area contributed by atoms with E-state index in [0.29, 0.717) is 5.75 Å². The fraction of sp³-hybridized carbons (Fsp3) is 0.269. The van der Waals surface area contributed by atoms with Gasteiger partial charge in [-0.25, -0.2) is 8.42 Å². The number of carbonyl (C=O) groups is 3. The molecule has 194 valence electrons. The molecule has 1 atom stereocenters. The van der Waals surface area contributed by atoms with E-state index in [4.69, 9.17) is 9.15 Å². The van der Waals surface area contributed by atoms with Crippen molar-refractivity contribution in [3.05, 3.63) is 84.3 Å². The second-order valence-electron chi connectivity index (χ2n) is 8.50. The highest BCUT2D eigenvalue weighted by Gasteiger charge is 2.40. The van der Waals surface area contributed by atoms with E-state index in [2.05, 4.69) is 5.32 Å². The Kier molecular flexibility index (Phi) is 7.92. The average molecular weight is 526 g/mol. The normalized spacial score (nSPS) is 14.6. The molecular formula is C26H27N3O7S. The summed E-state index contributed by atoms with van der Waals surface area (Å²) in [7, 11) is -4.29. The number of hydrogen-bond donors (Lipinski definition) is 1. The van der Waals surface area contributed by atoms with Crippen molar-refractivity contribution in [1.82, 2.24) is 15.1 Å². The third-order valence-corrected chi connectivity index (χ3v) is 7.81. The molecule has 0 spiro atoms. The van der Waals surface area contributed by atoms with Crippen molar-refractivity contribution in [3.63, 3.8) is 0 Å². The Morgan fingerprint density at radius 3 is 2.19 bits per heavy atom. The zero-order valence-electron chi connectivity index (χ0n) is 20.2. The summed E-state index contributed by atoms with van der Waals surface area (Å²) < 4.78 is 37.5. The smallest absolute Gasteiger partial charge is 0.288 e. The molecule has 4 rings (SSSR count). The highest BCUT2D eigenvalue weighted by atomic mass is 32.2. The first-order chi connectivity index (χ1) is 17.8. The number of rotatable bonds is 8. The van der Waals surface area contributed by atoms with Gasteiger partial charge in [-0.2, -0.15) is 0 Å². The zero-order chi connectivity index (χ0) is 26.4. The van der Waals surface area contributed by atoms with Gasteiger partial charge >= 0.3 is 0 Å². The van der Waals surface area contributed by atoms with Gasteiger partial charge < -0.3 is 24.3 Å². The zero-order valence-corrected chi connectivity index (χ0v) is 21.0. The van der Waals surface area contributed by atoms with Crippen LogP contribution in [0.3, 0.4) is 0 Å². The molecule has 1 aliphatic rings. The topological polar surface area (TPSA) is 126 Å².